The van der Waals surface area contributed by atoms with Gasteiger partial charge in [-0.1, -0.05) is 0 Å². The van der Waals surface area contributed by atoms with Crippen LogP contribution in [0.5, 0.6) is 5.88 Å². The van der Waals surface area contributed by atoms with E-state index in [4.69, 9.17) is 19.9 Å². The molecule has 0 bridgehead atoms. The number of ether oxygens (including phenoxy) is 3. The Morgan fingerprint density at radius 3 is 2.78 bits per heavy atom. The number of nitrogens with zero attached hydrogens (tertiary/aromatic N) is 2. The molecule has 3 rings (SSSR count). The Morgan fingerprint density at radius 2 is 2.26 bits per heavy atom. The lowest BCUT2D eigenvalue weighted by atomic mass is 9.88. The van der Waals surface area contributed by atoms with Gasteiger partial charge in [0.25, 0.3) is 5.91 Å². The Bertz CT molecular complexity index is 579. The zero-order valence-corrected chi connectivity index (χ0v) is 13.0. The second-order valence-electron chi connectivity index (χ2n) is 6.09. The van der Waals surface area contributed by atoms with Gasteiger partial charge in [0.1, 0.15) is 18.0 Å². The lowest BCUT2D eigenvalue weighted by molar-refractivity contribution is -0.153. The Kier molecular flexibility index (Phi) is 4.38. The summed E-state index contributed by atoms with van der Waals surface area (Å²) in [5, 5.41) is 9.48. The molecule has 1 amide bonds. The largest absolute Gasteiger partial charge is 0.475 e. The minimum absolute atomic E-state index is 0.0205. The second-order valence-corrected chi connectivity index (χ2v) is 6.09. The number of pyridine rings is 1. The Labute approximate surface area is 134 Å². The molecule has 8 heteroatoms. The summed E-state index contributed by atoms with van der Waals surface area (Å²) in [7, 11) is 1.68. The molecule has 1 aromatic rings. The average molecular weight is 323 g/mol. The van der Waals surface area contributed by atoms with Crippen LogP contribution in [0.25, 0.3) is 0 Å². The zero-order chi connectivity index (χ0) is 16.4. The van der Waals surface area contributed by atoms with Crippen molar-refractivity contribution in [2.75, 3.05) is 51.5 Å². The zero-order valence-electron chi connectivity index (χ0n) is 13.0. The Hall–Kier alpha value is -1.90. The van der Waals surface area contributed by atoms with E-state index in [1.807, 2.05) is 0 Å². The third-order valence-corrected chi connectivity index (χ3v) is 4.28. The maximum absolute atomic E-state index is 11.4. The number of rotatable bonds is 7. The molecule has 2 fully saturated rings. The SMILES string of the molecule is COC1CN(c2ccc(C(N)=O)nc2OCC2(CO)COC2)C1. The molecule has 0 aliphatic carbocycles. The molecule has 2 saturated heterocycles. The molecule has 0 atom stereocenters. The van der Waals surface area contributed by atoms with Crippen LogP contribution in [0.15, 0.2) is 12.1 Å². The summed E-state index contributed by atoms with van der Waals surface area (Å²) < 4.78 is 16.2. The third-order valence-electron chi connectivity index (χ3n) is 4.28. The fourth-order valence-corrected chi connectivity index (χ4v) is 2.53. The van der Waals surface area contributed by atoms with E-state index >= 15 is 0 Å². The van der Waals surface area contributed by atoms with E-state index in [1.165, 1.54) is 0 Å². The van der Waals surface area contributed by atoms with Gasteiger partial charge in [-0.05, 0) is 12.1 Å². The van der Waals surface area contributed by atoms with Gasteiger partial charge < -0.3 is 30.0 Å². The number of anilines is 1. The number of aliphatic hydroxyl groups excluding tert-OH is 1. The van der Waals surface area contributed by atoms with Crippen molar-refractivity contribution in [3.05, 3.63) is 17.8 Å². The number of methoxy groups -OCH3 is 1. The van der Waals surface area contributed by atoms with Crippen molar-refractivity contribution in [3.8, 4) is 5.88 Å². The molecule has 3 N–H and O–H groups in total. The van der Waals surface area contributed by atoms with Gasteiger partial charge in [-0.25, -0.2) is 4.98 Å². The first-order valence-electron chi connectivity index (χ1n) is 7.47. The molecule has 0 unspecified atom stereocenters. The van der Waals surface area contributed by atoms with E-state index in [0.29, 0.717) is 19.1 Å². The van der Waals surface area contributed by atoms with Gasteiger partial charge in [0.15, 0.2) is 0 Å². The fraction of sp³-hybridized carbons (Fsp3) is 0.600. The molecule has 0 saturated carbocycles. The van der Waals surface area contributed by atoms with Gasteiger partial charge >= 0.3 is 0 Å². The van der Waals surface area contributed by atoms with E-state index in [0.717, 1.165) is 18.8 Å². The van der Waals surface area contributed by atoms with Gasteiger partial charge in [-0.3, -0.25) is 4.79 Å². The smallest absolute Gasteiger partial charge is 0.267 e. The Balaban J connectivity index is 1.77. The molecule has 1 aromatic heterocycles. The highest BCUT2D eigenvalue weighted by Crippen LogP contribution is 2.33. The lowest BCUT2D eigenvalue weighted by Gasteiger charge is -2.41. The van der Waals surface area contributed by atoms with E-state index in [2.05, 4.69) is 9.88 Å². The second kappa shape index (κ2) is 6.31. The van der Waals surface area contributed by atoms with Crippen LogP contribution in [0.2, 0.25) is 0 Å². The molecule has 2 aliphatic heterocycles. The van der Waals surface area contributed by atoms with Crippen LogP contribution in [0.1, 0.15) is 10.5 Å². The van der Waals surface area contributed by atoms with Crippen LogP contribution >= 0.6 is 0 Å². The molecule has 126 valence electrons. The lowest BCUT2D eigenvalue weighted by Crippen LogP contribution is -2.52. The monoisotopic (exact) mass is 323 g/mol. The number of amides is 1. The van der Waals surface area contributed by atoms with Crippen molar-refractivity contribution in [1.82, 2.24) is 4.98 Å². The molecular weight excluding hydrogens is 302 g/mol. The van der Waals surface area contributed by atoms with Gasteiger partial charge in [0, 0.05) is 20.2 Å². The fourth-order valence-electron chi connectivity index (χ4n) is 2.53. The minimum Gasteiger partial charge on any atom is -0.475 e. The molecular formula is C15H21N3O5. The molecule has 23 heavy (non-hydrogen) atoms. The number of primary amides is 1. The number of aromatic nitrogens is 1. The first-order chi connectivity index (χ1) is 11.1. The predicted octanol–water partition coefficient (Wildman–Crippen LogP) is -0.597. The van der Waals surface area contributed by atoms with Crippen LogP contribution in [-0.4, -0.2) is 68.7 Å². The van der Waals surface area contributed by atoms with Crippen molar-refractivity contribution < 1.29 is 24.1 Å². The number of aliphatic hydroxyl groups is 1. The highest BCUT2D eigenvalue weighted by molar-refractivity contribution is 5.91. The number of carbonyl (C=O) groups is 1. The number of hydrogen-bond acceptors (Lipinski definition) is 7. The maximum atomic E-state index is 11.4. The van der Waals surface area contributed by atoms with Gasteiger partial charge in [-0.15, -0.1) is 0 Å². The Morgan fingerprint density at radius 1 is 1.52 bits per heavy atom. The van der Waals surface area contributed by atoms with Gasteiger partial charge in [0.05, 0.1) is 31.3 Å². The van der Waals surface area contributed by atoms with E-state index in [-0.39, 0.29) is 25.0 Å². The summed E-state index contributed by atoms with van der Waals surface area (Å²) in [5.41, 5.74) is 5.83. The van der Waals surface area contributed by atoms with Crippen molar-refractivity contribution in [2.45, 2.75) is 6.10 Å². The number of nitrogens with two attached hydrogens (primary N) is 1. The highest BCUT2D eigenvalue weighted by atomic mass is 16.5. The normalized spacial score (nSPS) is 19.8. The quantitative estimate of drug-likeness (QED) is 0.690. The first kappa shape index (κ1) is 16.0. The topological polar surface area (TPSA) is 107 Å². The maximum Gasteiger partial charge on any atom is 0.267 e. The molecule has 3 heterocycles. The summed E-state index contributed by atoms with van der Waals surface area (Å²) in [4.78, 5) is 17.6. The predicted molar refractivity (Wildman–Crippen MR) is 81.6 cm³/mol. The third kappa shape index (κ3) is 3.10. The number of carbonyl (C=O) groups excluding carboxylic acids is 1. The van der Waals surface area contributed by atoms with Crippen molar-refractivity contribution >= 4 is 11.6 Å². The summed E-state index contributed by atoms with van der Waals surface area (Å²) in [6, 6.07) is 3.36. The summed E-state index contributed by atoms with van der Waals surface area (Å²) in [6.45, 7) is 2.62. The number of hydrogen-bond donors (Lipinski definition) is 2. The van der Waals surface area contributed by atoms with Crippen molar-refractivity contribution in [2.24, 2.45) is 11.1 Å². The van der Waals surface area contributed by atoms with Crippen LogP contribution < -0.4 is 15.4 Å². The summed E-state index contributed by atoms with van der Waals surface area (Å²) >= 11 is 0. The van der Waals surface area contributed by atoms with E-state index < -0.39 is 11.3 Å². The molecule has 0 spiro atoms. The average Bonchev–Trinajstić information content (AvgIpc) is 2.46. The highest BCUT2D eigenvalue weighted by Gasteiger charge is 2.40. The first-order valence-corrected chi connectivity index (χ1v) is 7.47. The van der Waals surface area contributed by atoms with Crippen molar-refractivity contribution in [1.29, 1.82) is 0 Å². The van der Waals surface area contributed by atoms with E-state index in [9.17, 15) is 9.90 Å². The summed E-state index contributed by atoms with van der Waals surface area (Å²) in [5.74, 6) is -0.265. The van der Waals surface area contributed by atoms with Gasteiger partial charge in [-0.2, -0.15) is 0 Å². The molecule has 8 nitrogen and oxygen atoms in total. The van der Waals surface area contributed by atoms with Gasteiger partial charge in [0.2, 0.25) is 5.88 Å². The van der Waals surface area contributed by atoms with Crippen LogP contribution in [0.4, 0.5) is 5.69 Å². The molecule has 0 aromatic carbocycles. The minimum atomic E-state index is -0.608. The van der Waals surface area contributed by atoms with Crippen LogP contribution in [-0.2, 0) is 9.47 Å². The standard InChI is InChI=1S/C15H21N3O5/c1-21-10-4-18(5-10)12-3-2-11(13(16)20)17-14(12)23-9-15(6-19)7-22-8-15/h2-3,10,19H,4-9H2,1H3,(H2,16,20). The van der Waals surface area contributed by atoms with Crippen LogP contribution in [0, 0.1) is 5.41 Å². The molecule has 0 radical (unpaired) electrons. The van der Waals surface area contributed by atoms with E-state index in [1.54, 1.807) is 19.2 Å². The van der Waals surface area contributed by atoms with Crippen molar-refractivity contribution in [3.63, 3.8) is 0 Å². The van der Waals surface area contributed by atoms with Crippen LogP contribution in [0.3, 0.4) is 0 Å². The molecule has 2 aliphatic rings. The summed E-state index contributed by atoms with van der Waals surface area (Å²) in [6.07, 6.45) is 0.183.